The molecule has 3 heterocycles. The minimum atomic E-state index is 0.234. The Labute approximate surface area is 102 Å². The zero-order chi connectivity index (χ0) is 11.7. The van der Waals surface area contributed by atoms with Crippen molar-refractivity contribution in [3.63, 3.8) is 0 Å². The number of anilines is 1. The van der Waals surface area contributed by atoms with E-state index in [2.05, 4.69) is 9.97 Å². The summed E-state index contributed by atoms with van der Waals surface area (Å²) in [7, 11) is 0. The number of fused-ring (bicyclic) bond motifs is 1. The van der Waals surface area contributed by atoms with Crippen molar-refractivity contribution in [3.05, 3.63) is 28.9 Å². The van der Waals surface area contributed by atoms with Gasteiger partial charge in [-0.1, -0.05) is 0 Å². The maximum Gasteiger partial charge on any atom is 0.260 e. The Balaban J connectivity index is 1.83. The van der Waals surface area contributed by atoms with Crippen LogP contribution >= 0.6 is 11.3 Å². The average molecular weight is 247 g/mol. The molecule has 1 aliphatic rings. The highest BCUT2D eigenvalue weighted by Crippen LogP contribution is 2.29. The van der Waals surface area contributed by atoms with Crippen LogP contribution in [0.25, 0.3) is 12.2 Å². The Morgan fingerprint density at radius 3 is 2.88 bits per heavy atom. The number of aromatic nitrogens is 2. The topological polar surface area (TPSA) is 70.3 Å². The normalized spacial score (nSPS) is 13.4. The summed E-state index contributed by atoms with van der Waals surface area (Å²) in [6.45, 7) is 0.234. The van der Waals surface area contributed by atoms with Crippen LogP contribution in [0.3, 0.4) is 0 Å². The molecular weight excluding hydrogens is 238 g/mol. The number of ether oxygens (including phenoxy) is 2. The van der Waals surface area contributed by atoms with Gasteiger partial charge in [-0.2, -0.15) is 0 Å². The fourth-order valence-corrected chi connectivity index (χ4v) is 1.98. The predicted molar refractivity (Wildman–Crippen MR) is 65.8 cm³/mol. The summed E-state index contributed by atoms with van der Waals surface area (Å²) in [5.74, 6) is 1.21. The third kappa shape index (κ3) is 2.07. The van der Waals surface area contributed by atoms with Gasteiger partial charge in [0, 0.05) is 5.38 Å². The van der Waals surface area contributed by atoms with E-state index >= 15 is 0 Å². The zero-order valence-electron chi connectivity index (χ0n) is 8.79. The molecule has 0 fully saturated rings. The average Bonchev–Trinajstić information content (AvgIpc) is 2.94. The first-order valence-corrected chi connectivity index (χ1v) is 5.85. The van der Waals surface area contributed by atoms with Gasteiger partial charge in [0.2, 0.25) is 6.79 Å². The molecule has 0 unspecified atom stereocenters. The van der Waals surface area contributed by atoms with Gasteiger partial charge in [0.05, 0.1) is 11.4 Å². The van der Waals surface area contributed by atoms with E-state index in [-0.39, 0.29) is 6.79 Å². The first-order chi connectivity index (χ1) is 8.31. The van der Waals surface area contributed by atoms with Crippen molar-refractivity contribution in [1.29, 1.82) is 0 Å². The minimum absolute atomic E-state index is 0.234. The molecule has 0 radical (unpaired) electrons. The molecule has 86 valence electrons. The molecule has 0 saturated heterocycles. The lowest BCUT2D eigenvalue weighted by molar-refractivity contribution is 0.171. The number of pyridine rings is 1. The highest BCUT2D eigenvalue weighted by Gasteiger charge is 2.14. The number of hydrogen-bond acceptors (Lipinski definition) is 6. The second kappa shape index (κ2) is 4.06. The number of thiazole rings is 1. The van der Waals surface area contributed by atoms with Gasteiger partial charge >= 0.3 is 0 Å². The second-order valence-corrected chi connectivity index (χ2v) is 4.28. The largest absolute Gasteiger partial charge is 0.452 e. The molecule has 1 aliphatic heterocycles. The lowest BCUT2D eigenvalue weighted by Gasteiger charge is -1.95. The highest BCUT2D eigenvalue weighted by molar-refractivity contribution is 7.13. The molecule has 2 aromatic heterocycles. The summed E-state index contributed by atoms with van der Waals surface area (Å²) >= 11 is 1.41. The molecule has 0 amide bonds. The van der Waals surface area contributed by atoms with Crippen molar-refractivity contribution in [2.75, 3.05) is 12.5 Å². The predicted octanol–water partition coefficient (Wildman–Crippen LogP) is 2.02. The fourth-order valence-electron chi connectivity index (χ4n) is 1.44. The lowest BCUT2D eigenvalue weighted by Crippen LogP contribution is -1.93. The van der Waals surface area contributed by atoms with Crippen LogP contribution in [-0.2, 0) is 0 Å². The summed E-state index contributed by atoms with van der Waals surface area (Å²) < 4.78 is 10.4. The third-order valence-electron chi connectivity index (χ3n) is 2.22. The number of nitrogen functional groups attached to an aromatic ring is 1. The highest BCUT2D eigenvalue weighted by atomic mass is 32.1. The summed E-state index contributed by atoms with van der Waals surface area (Å²) in [5, 5.41) is 2.45. The monoisotopic (exact) mass is 247 g/mol. The molecule has 0 aliphatic carbocycles. The van der Waals surface area contributed by atoms with E-state index < -0.39 is 0 Å². The maximum atomic E-state index is 5.54. The van der Waals surface area contributed by atoms with Crippen LogP contribution in [0.4, 0.5) is 5.13 Å². The van der Waals surface area contributed by atoms with Gasteiger partial charge in [-0.25, -0.2) is 9.97 Å². The van der Waals surface area contributed by atoms with Gasteiger partial charge < -0.3 is 15.2 Å². The van der Waals surface area contributed by atoms with Crippen molar-refractivity contribution < 1.29 is 9.47 Å². The van der Waals surface area contributed by atoms with Gasteiger partial charge in [-0.05, 0) is 24.3 Å². The van der Waals surface area contributed by atoms with Crippen molar-refractivity contribution in [2.24, 2.45) is 0 Å². The van der Waals surface area contributed by atoms with Crippen LogP contribution in [0.2, 0.25) is 0 Å². The van der Waals surface area contributed by atoms with Gasteiger partial charge in [0.1, 0.15) is 0 Å². The number of hydrogen-bond donors (Lipinski definition) is 1. The van der Waals surface area contributed by atoms with Crippen molar-refractivity contribution in [3.8, 4) is 11.6 Å². The van der Waals surface area contributed by atoms with Crippen LogP contribution in [-0.4, -0.2) is 16.8 Å². The van der Waals surface area contributed by atoms with E-state index in [0.29, 0.717) is 16.8 Å². The van der Waals surface area contributed by atoms with Gasteiger partial charge in [0.25, 0.3) is 5.88 Å². The maximum absolute atomic E-state index is 5.54. The molecule has 2 N–H and O–H groups in total. The van der Waals surface area contributed by atoms with E-state index in [1.165, 1.54) is 11.3 Å². The number of nitrogens with two attached hydrogens (primary N) is 1. The Morgan fingerprint density at radius 2 is 2.06 bits per heavy atom. The van der Waals surface area contributed by atoms with Gasteiger partial charge in [0.15, 0.2) is 10.9 Å². The SMILES string of the molecule is Nc1nc(C=Cc2ccc3c(n2)OCO3)cs1. The number of nitrogens with zero attached hydrogens (tertiary/aromatic N) is 2. The summed E-state index contributed by atoms with van der Waals surface area (Å²) in [6, 6.07) is 3.70. The summed E-state index contributed by atoms with van der Waals surface area (Å²) in [5.41, 5.74) is 7.16. The van der Waals surface area contributed by atoms with Crippen LogP contribution in [0, 0.1) is 0 Å². The fraction of sp³-hybridized carbons (Fsp3) is 0.0909. The van der Waals surface area contributed by atoms with E-state index in [1.54, 1.807) is 0 Å². The molecule has 2 aromatic rings. The standard InChI is InChI=1S/C11H9N3O2S/c12-11-14-8(5-17-11)2-1-7-3-4-9-10(13-7)16-6-15-9/h1-5H,6H2,(H2,12,14). The third-order valence-corrected chi connectivity index (χ3v) is 2.91. The van der Waals surface area contributed by atoms with Crippen LogP contribution in [0.1, 0.15) is 11.4 Å². The minimum Gasteiger partial charge on any atom is -0.452 e. The van der Waals surface area contributed by atoms with E-state index in [4.69, 9.17) is 15.2 Å². The van der Waals surface area contributed by atoms with E-state index in [0.717, 1.165) is 11.4 Å². The molecule has 17 heavy (non-hydrogen) atoms. The molecule has 3 rings (SSSR count). The Hall–Kier alpha value is -2.08. The smallest absolute Gasteiger partial charge is 0.260 e. The van der Waals surface area contributed by atoms with Crippen molar-refractivity contribution in [2.45, 2.75) is 0 Å². The quantitative estimate of drug-likeness (QED) is 0.879. The lowest BCUT2D eigenvalue weighted by atomic mass is 10.3. The Kier molecular flexibility index (Phi) is 2.41. The summed E-state index contributed by atoms with van der Waals surface area (Å²) in [6.07, 6.45) is 3.72. The van der Waals surface area contributed by atoms with Crippen LogP contribution in [0.5, 0.6) is 11.6 Å². The van der Waals surface area contributed by atoms with Crippen LogP contribution < -0.4 is 15.2 Å². The Morgan fingerprint density at radius 1 is 1.18 bits per heavy atom. The van der Waals surface area contributed by atoms with E-state index in [9.17, 15) is 0 Å². The molecule has 0 aromatic carbocycles. The molecule has 0 atom stereocenters. The molecule has 5 nitrogen and oxygen atoms in total. The van der Waals surface area contributed by atoms with Crippen molar-refractivity contribution >= 4 is 28.6 Å². The molecule has 0 spiro atoms. The number of rotatable bonds is 2. The first-order valence-electron chi connectivity index (χ1n) is 4.97. The molecular formula is C11H9N3O2S. The van der Waals surface area contributed by atoms with Gasteiger partial charge in [-0.15, -0.1) is 11.3 Å². The van der Waals surface area contributed by atoms with Crippen LogP contribution in [0.15, 0.2) is 17.5 Å². The van der Waals surface area contributed by atoms with Crippen molar-refractivity contribution in [1.82, 2.24) is 9.97 Å². The molecule has 0 saturated carbocycles. The zero-order valence-corrected chi connectivity index (χ0v) is 9.61. The second-order valence-electron chi connectivity index (χ2n) is 3.39. The van der Waals surface area contributed by atoms with E-state index in [1.807, 2.05) is 29.7 Å². The van der Waals surface area contributed by atoms with Gasteiger partial charge in [-0.3, -0.25) is 0 Å². The Bertz CT molecular complexity index is 580. The first kappa shape index (κ1) is 10.1. The molecule has 0 bridgehead atoms. The molecule has 6 heteroatoms. The summed E-state index contributed by atoms with van der Waals surface area (Å²) in [4.78, 5) is 8.41.